The zero-order valence-corrected chi connectivity index (χ0v) is 9.71. The van der Waals surface area contributed by atoms with Crippen LogP contribution < -0.4 is 5.48 Å². The first kappa shape index (κ1) is 11.7. The Labute approximate surface area is 101 Å². The Hall–Kier alpha value is -1.78. The van der Waals surface area contributed by atoms with Gasteiger partial charge in [-0.05, 0) is 12.5 Å². The quantitative estimate of drug-likeness (QED) is 0.799. The molecule has 1 N–H and O–H groups in total. The van der Waals surface area contributed by atoms with E-state index in [-0.39, 0.29) is 6.04 Å². The van der Waals surface area contributed by atoms with Crippen molar-refractivity contribution in [2.75, 3.05) is 0 Å². The molecule has 0 radical (unpaired) electrons. The third kappa shape index (κ3) is 3.62. The van der Waals surface area contributed by atoms with Crippen molar-refractivity contribution in [3.05, 3.63) is 60.2 Å². The summed E-state index contributed by atoms with van der Waals surface area (Å²) in [6.07, 6.45) is 5.05. The number of nitrogens with zero attached hydrogens (tertiary/aromatic N) is 2. The molecule has 1 heterocycles. The maximum Gasteiger partial charge on any atom is 0.0933 e. The van der Waals surface area contributed by atoms with Crippen LogP contribution in [0.1, 0.15) is 24.2 Å². The van der Waals surface area contributed by atoms with Gasteiger partial charge in [0.1, 0.15) is 0 Å². The molecule has 1 unspecified atom stereocenters. The topological polar surface area (TPSA) is 47.0 Å². The van der Waals surface area contributed by atoms with E-state index in [1.165, 1.54) is 0 Å². The van der Waals surface area contributed by atoms with Crippen LogP contribution in [0.25, 0.3) is 0 Å². The van der Waals surface area contributed by atoms with Gasteiger partial charge in [0, 0.05) is 12.4 Å². The third-order valence-corrected chi connectivity index (χ3v) is 2.37. The summed E-state index contributed by atoms with van der Waals surface area (Å²) < 4.78 is 0. The van der Waals surface area contributed by atoms with Gasteiger partial charge in [-0.3, -0.25) is 14.8 Å². The summed E-state index contributed by atoms with van der Waals surface area (Å²) in [6, 6.07) is 10.0. The minimum atomic E-state index is 0.0208. The van der Waals surface area contributed by atoms with E-state index in [0.717, 1.165) is 11.3 Å². The van der Waals surface area contributed by atoms with Crippen LogP contribution >= 0.6 is 0 Å². The average Bonchev–Trinajstić information content (AvgIpc) is 2.41. The second-order valence-corrected chi connectivity index (χ2v) is 3.74. The number of aromatic nitrogens is 2. The maximum absolute atomic E-state index is 5.42. The monoisotopic (exact) mass is 229 g/mol. The van der Waals surface area contributed by atoms with Gasteiger partial charge in [0.25, 0.3) is 0 Å². The molecule has 2 rings (SSSR count). The lowest BCUT2D eigenvalue weighted by Crippen LogP contribution is -2.20. The normalized spacial score (nSPS) is 12.3. The molecule has 0 aliphatic rings. The van der Waals surface area contributed by atoms with Gasteiger partial charge in [-0.1, -0.05) is 30.3 Å². The van der Waals surface area contributed by atoms with Gasteiger partial charge in [0.2, 0.25) is 0 Å². The fraction of sp³-hybridized carbons (Fsp3) is 0.231. The highest BCUT2D eigenvalue weighted by Crippen LogP contribution is 2.07. The van der Waals surface area contributed by atoms with Crippen LogP contribution in [0.3, 0.4) is 0 Å². The summed E-state index contributed by atoms with van der Waals surface area (Å²) in [4.78, 5) is 13.6. The van der Waals surface area contributed by atoms with E-state index in [1.807, 2.05) is 37.3 Å². The van der Waals surface area contributed by atoms with E-state index in [4.69, 9.17) is 4.84 Å². The first-order valence-electron chi connectivity index (χ1n) is 5.53. The average molecular weight is 229 g/mol. The van der Waals surface area contributed by atoms with Gasteiger partial charge in [-0.15, -0.1) is 0 Å². The molecule has 17 heavy (non-hydrogen) atoms. The van der Waals surface area contributed by atoms with Crippen molar-refractivity contribution in [1.29, 1.82) is 0 Å². The number of hydroxylamine groups is 1. The van der Waals surface area contributed by atoms with Crippen LogP contribution in [-0.2, 0) is 11.4 Å². The highest BCUT2D eigenvalue weighted by atomic mass is 16.6. The van der Waals surface area contributed by atoms with Gasteiger partial charge < -0.3 is 0 Å². The van der Waals surface area contributed by atoms with Crippen LogP contribution in [0.5, 0.6) is 0 Å². The van der Waals surface area contributed by atoms with E-state index in [1.54, 1.807) is 18.6 Å². The van der Waals surface area contributed by atoms with Crippen molar-refractivity contribution in [2.45, 2.75) is 19.6 Å². The first-order valence-corrected chi connectivity index (χ1v) is 5.53. The largest absolute Gasteiger partial charge is 0.296 e. The Morgan fingerprint density at radius 1 is 1.24 bits per heavy atom. The molecular formula is C13H15N3O. The molecule has 0 bridgehead atoms. The predicted octanol–water partition coefficient (Wildman–Crippen LogP) is 2.26. The van der Waals surface area contributed by atoms with Gasteiger partial charge >= 0.3 is 0 Å². The van der Waals surface area contributed by atoms with E-state index < -0.39 is 0 Å². The van der Waals surface area contributed by atoms with Gasteiger partial charge in [-0.25, -0.2) is 0 Å². The Balaban J connectivity index is 1.79. The zero-order chi connectivity index (χ0) is 11.9. The van der Waals surface area contributed by atoms with Crippen molar-refractivity contribution in [1.82, 2.24) is 15.4 Å². The molecule has 0 amide bonds. The molecule has 0 saturated heterocycles. The number of benzene rings is 1. The first-order chi connectivity index (χ1) is 8.36. The van der Waals surface area contributed by atoms with Crippen LogP contribution in [0.2, 0.25) is 0 Å². The van der Waals surface area contributed by atoms with Gasteiger partial charge in [0.05, 0.1) is 24.5 Å². The zero-order valence-electron chi connectivity index (χ0n) is 9.71. The summed E-state index contributed by atoms with van der Waals surface area (Å²) in [5.74, 6) is 0. The number of rotatable bonds is 5. The SMILES string of the molecule is CC(NOCc1ccccc1)c1cnccn1. The standard InChI is InChI=1S/C13H15N3O/c1-11(13-9-14-7-8-15-13)16-17-10-12-5-3-2-4-6-12/h2-9,11,16H,10H2,1H3. The smallest absolute Gasteiger partial charge is 0.0933 e. The number of nitrogens with one attached hydrogen (secondary N) is 1. The molecule has 4 nitrogen and oxygen atoms in total. The minimum absolute atomic E-state index is 0.0208. The molecule has 0 aliphatic heterocycles. The number of hydrogen-bond acceptors (Lipinski definition) is 4. The highest BCUT2D eigenvalue weighted by Gasteiger charge is 2.05. The lowest BCUT2D eigenvalue weighted by Gasteiger charge is -2.12. The lowest BCUT2D eigenvalue weighted by atomic mass is 10.2. The molecule has 0 saturated carbocycles. The van der Waals surface area contributed by atoms with Gasteiger partial charge in [-0.2, -0.15) is 5.48 Å². The van der Waals surface area contributed by atoms with Crippen molar-refractivity contribution in [3.8, 4) is 0 Å². The molecule has 4 heteroatoms. The third-order valence-electron chi connectivity index (χ3n) is 2.37. The summed E-state index contributed by atoms with van der Waals surface area (Å²) in [5, 5.41) is 0. The van der Waals surface area contributed by atoms with Crippen LogP contribution in [-0.4, -0.2) is 9.97 Å². The molecule has 0 spiro atoms. The summed E-state index contributed by atoms with van der Waals surface area (Å²) >= 11 is 0. The van der Waals surface area contributed by atoms with Crippen LogP contribution in [0.4, 0.5) is 0 Å². The van der Waals surface area contributed by atoms with Crippen molar-refractivity contribution >= 4 is 0 Å². The molecule has 1 atom stereocenters. The molecular weight excluding hydrogens is 214 g/mol. The number of hydrogen-bond donors (Lipinski definition) is 1. The second kappa shape index (κ2) is 6.08. The van der Waals surface area contributed by atoms with E-state index >= 15 is 0 Å². The molecule has 1 aromatic heterocycles. The fourth-order valence-electron chi connectivity index (χ4n) is 1.42. The minimum Gasteiger partial charge on any atom is -0.296 e. The molecule has 88 valence electrons. The summed E-state index contributed by atoms with van der Waals surface area (Å²) in [5.41, 5.74) is 4.94. The molecule has 2 aromatic rings. The Kier molecular flexibility index (Phi) is 4.18. The fourth-order valence-corrected chi connectivity index (χ4v) is 1.42. The maximum atomic E-state index is 5.42. The van der Waals surface area contributed by atoms with Crippen molar-refractivity contribution in [2.24, 2.45) is 0 Å². The van der Waals surface area contributed by atoms with Crippen molar-refractivity contribution < 1.29 is 4.84 Å². The van der Waals surface area contributed by atoms with Crippen LogP contribution in [0.15, 0.2) is 48.9 Å². The predicted molar refractivity (Wildman–Crippen MR) is 64.8 cm³/mol. The molecule has 0 fully saturated rings. The highest BCUT2D eigenvalue weighted by molar-refractivity contribution is 5.13. The van der Waals surface area contributed by atoms with Gasteiger partial charge in [0.15, 0.2) is 0 Å². The van der Waals surface area contributed by atoms with E-state index in [0.29, 0.717) is 6.61 Å². The Morgan fingerprint density at radius 3 is 2.76 bits per heavy atom. The summed E-state index contributed by atoms with van der Waals surface area (Å²) in [7, 11) is 0. The Morgan fingerprint density at radius 2 is 2.06 bits per heavy atom. The lowest BCUT2D eigenvalue weighted by molar-refractivity contribution is 0.00604. The second-order valence-electron chi connectivity index (χ2n) is 3.74. The van der Waals surface area contributed by atoms with E-state index in [2.05, 4.69) is 15.4 Å². The molecule has 0 aliphatic carbocycles. The summed E-state index contributed by atoms with van der Waals surface area (Å²) in [6.45, 7) is 2.51. The van der Waals surface area contributed by atoms with E-state index in [9.17, 15) is 0 Å². The van der Waals surface area contributed by atoms with Crippen LogP contribution in [0, 0.1) is 0 Å². The van der Waals surface area contributed by atoms with Crippen molar-refractivity contribution in [3.63, 3.8) is 0 Å². The Bertz CT molecular complexity index is 433. The molecule has 1 aromatic carbocycles.